The van der Waals surface area contributed by atoms with Gasteiger partial charge in [0.2, 0.25) is 5.89 Å². The predicted octanol–water partition coefficient (Wildman–Crippen LogP) is 2.60. The molecular weight excluding hydrogens is 358 g/mol. The van der Waals surface area contributed by atoms with Crippen LogP contribution in [0, 0.1) is 0 Å². The van der Waals surface area contributed by atoms with Gasteiger partial charge >= 0.3 is 6.03 Å². The number of ketones is 1. The Morgan fingerprint density at radius 2 is 2.11 bits per heavy atom. The van der Waals surface area contributed by atoms with Gasteiger partial charge in [0.25, 0.3) is 0 Å². The Labute approximate surface area is 162 Å². The minimum atomic E-state index is -0.149. The summed E-state index contributed by atoms with van der Waals surface area (Å²) < 4.78 is 5.49. The van der Waals surface area contributed by atoms with Crippen LogP contribution in [0.25, 0.3) is 0 Å². The van der Waals surface area contributed by atoms with Crippen molar-refractivity contribution in [2.75, 3.05) is 32.0 Å². The first-order valence-electron chi connectivity index (χ1n) is 9.84. The lowest BCUT2D eigenvalue weighted by Crippen LogP contribution is -2.50. The lowest BCUT2D eigenvalue weighted by Gasteiger charge is -2.37. The fourth-order valence-corrected chi connectivity index (χ4v) is 3.95. The number of carbonyl (C=O) groups excluding carboxylic acids is 2. The molecule has 1 aliphatic heterocycles. The molecule has 2 aromatic rings. The molecule has 2 amide bonds. The summed E-state index contributed by atoms with van der Waals surface area (Å²) in [7, 11) is 2.01. The summed E-state index contributed by atoms with van der Waals surface area (Å²) in [5, 5.41) is 7.07. The highest BCUT2D eigenvalue weighted by atomic mass is 16.5. The van der Waals surface area contributed by atoms with Crippen molar-refractivity contribution >= 4 is 17.5 Å². The molecule has 1 unspecified atom stereocenters. The highest BCUT2D eigenvalue weighted by molar-refractivity contribution is 6.01. The molecule has 2 fully saturated rings. The first kappa shape index (κ1) is 17.4. The molecule has 1 aromatic heterocycles. The van der Waals surface area contributed by atoms with E-state index in [1.807, 2.05) is 19.2 Å². The second kappa shape index (κ2) is 6.70. The van der Waals surface area contributed by atoms with Crippen molar-refractivity contribution in [3.63, 3.8) is 0 Å². The summed E-state index contributed by atoms with van der Waals surface area (Å²) in [4.78, 5) is 33.1. The molecule has 3 aliphatic rings. The molecule has 2 heterocycles. The summed E-state index contributed by atoms with van der Waals surface area (Å²) >= 11 is 0. The van der Waals surface area contributed by atoms with E-state index in [0.29, 0.717) is 31.3 Å². The largest absolute Gasteiger partial charge is 0.338 e. The Balaban J connectivity index is 1.27. The lowest BCUT2D eigenvalue weighted by atomic mass is 10.1. The smallest absolute Gasteiger partial charge is 0.321 e. The van der Waals surface area contributed by atoms with Crippen molar-refractivity contribution in [2.24, 2.45) is 0 Å². The van der Waals surface area contributed by atoms with Crippen molar-refractivity contribution in [2.45, 2.75) is 37.6 Å². The third kappa shape index (κ3) is 3.17. The Morgan fingerprint density at radius 3 is 2.93 bits per heavy atom. The average Bonchev–Trinajstić information content (AvgIpc) is 3.32. The first-order chi connectivity index (χ1) is 13.6. The average molecular weight is 381 g/mol. The van der Waals surface area contributed by atoms with Gasteiger partial charge in [0.05, 0.1) is 0 Å². The van der Waals surface area contributed by atoms with E-state index in [4.69, 9.17) is 4.52 Å². The summed E-state index contributed by atoms with van der Waals surface area (Å²) in [5.74, 6) is 1.99. The number of piperazine rings is 1. The van der Waals surface area contributed by atoms with Crippen LogP contribution in [0.3, 0.4) is 0 Å². The molecule has 146 valence electrons. The molecule has 1 saturated heterocycles. The number of urea groups is 1. The van der Waals surface area contributed by atoms with Gasteiger partial charge in [0.15, 0.2) is 11.6 Å². The molecular formula is C20H23N5O3. The van der Waals surface area contributed by atoms with E-state index < -0.39 is 0 Å². The molecule has 1 saturated carbocycles. The molecule has 2 aliphatic carbocycles. The number of nitrogens with zero attached hydrogens (tertiary/aromatic N) is 4. The molecule has 1 aromatic carbocycles. The fourth-order valence-electron chi connectivity index (χ4n) is 3.95. The van der Waals surface area contributed by atoms with E-state index in [-0.39, 0.29) is 17.9 Å². The standard InChI is InChI=1S/C20H23N5O3/c1-24-8-9-25(11-16(24)19-22-18(23-28-19)12-2-3-12)20(27)21-14-5-6-15-13(10-14)4-7-17(15)26/h5-6,10,12,16H,2-4,7-9,11H2,1H3,(H,21,27). The van der Waals surface area contributed by atoms with Crippen molar-refractivity contribution in [3.05, 3.63) is 41.0 Å². The van der Waals surface area contributed by atoms with E-state index in [1.54, 1.807) is 11.0 Å². The van der Waals surface area contributed by atoms with Crippen molar-refractivity contribution in [3.8, 4) is 0 Å². The number of aromatic nitrogens is 2. The van der Waals surface area contributed by atoms with Gasteiger partial charge in [-0.25, -0.2) is 4.79 Å². The minimum absolute atomic E-state index is 0.0999. The van der Waals surface area contributed by atoms with Gasteiger partial charge < -0.3 is 14.7 Å². The molecule has 1 atom stereocenters. The number of Topliss-reactive ketones (excluding diaryl/α,β-unsaturated/α-hetero) is 1. The number of amides is 2. The Hall–Kier alpha value is -2.74. The number of likely N-dealkylation sites (N-methyl/N-ethyl adjacent to an activating group) is 1. The van der Waals surface area contributed by atoms with E-state index >= 15 is 0 Å². The number of rotatable bonds is 3. The van der Waals surface area contributed by atoms with E-state index in [9.17, 15) is 9.59 Å². The van der Waals surface area contributed by atoms with Gasteiger partial charge in [-0.1, -0.05) is 5.16 Å². The van der Waals surface area contributed by atoms with Gasteiger partial charge in [0, 0.05) is 43.2 Å². The SMILES string of the molecule is CN1CCN(C(=O)Nc2ccc3c(c2)CCC3=O)CC1c1nc(C2CC2)no1. The number of carbonyl (C=O) groups is 2. The number of hydrogen-bond acceptors (Lipinski definition) is 6. The Kier molecular flexibility index (Phi) is 4.16. The van der Waals surface area contributed by atoms with Crippen LogP contribution < -0.4 is 5.32 Å². The Morgan fingerprint density at radius 1 is 1.25 bits per heavy atom. The summed E-state index contributed by atoms with van der Waals surface area (Å²) in [6, 6.07) is 5.27. The maximum Gasteiger partial charge on any atom is 0.321 e. The first-order valence-corrected chi connectivity index (χ1v) is 9.84. The van der Waals surface area contributed by atoms with Gasteiger partial charge in [-0.3, -0.25) is 9.69 Å². The topological polar surface area (TPSA) is 91.6 Å². The highest BCUT2D eigenvalue weighted by Crippen LogP contribution is 2.39. The van der Waals surface area contributed by atoms with Gasteiger partial charge in [-0.2, -0.15) is 4.98 Å². The summed E-state index contributed by atoms with van der Waals surface area (Å²) in [6.45, 7) is 1.86. The lowest BCUT2D eigenvalue weighted by molar-refractivity contribution is 0.0959. The zero-order valence-corrected chi connectivity index (χ0v) is 15.9. The number of aryl methyl sites for hydroxylation is 1. The summed E-state index contributed by atoms with van der Waals surface area (Å²) in [6.07, 6.45) is 3.55. The van der Waals surface area contributed by atoms with Crippen LogP contribution in [0.5, 0.6) is 0 Å². The van der Waals surface area contributed by atoms with Crippen LogP contribution in [0.15, 0.2) is 22.7 Å². The number of nitrogens with one attached hydrogen (secondary N) is 1. The molecule has 1 N–H and O–H groups in total. The monoisotopic (exact) mass is 381 g/mol. The van der Waals surface area contributed by atoms with Crippen molar-refractivity contribution < 1.29 is 14.1 Å². The predicted molar refractivity (Wildman–Crippen MR) is 101 cm³/mol. The third-order valence-corrected chi connectivity index (χ3v) is 5.90. The maximum atomic E-state index is 12.8. The molecule has 28 heavy (non-hydrogen) atoms. The molecule has 8 nitrogen and oxygen atoms in total. The second-order valence-electron chi connectivity index (χ2n) is 7.93. The van der Waals surface area contributed by atoms with Crippen LogP contribution in [0.4, 0.5) is 10.5 Å². The number of hydrogen-bond donors (Lipinski definition) is 1. The van der Waals surface area contributed by atoms with E-state index in [0.717, 1.165) is 48.4 Å². The van der Waals surface area contributed by atoms with Crippen LogP contribution in [-0.4, -0.2) is 58.4 Å². The number of benzene rings is 1. The molecule has 0 bridgehead atoms. The van der Waals surface area contributed by atoms with Crippen molar-refractivity contribution in [1.29, 1.82) is 0 Å². The molecule has 8 heteroatoms. The number of anilines is 1. The zero-order valence-electron chi connectivity index (χ0n) is 15.9. The molecule has 0 radical (unpaired) electrons. The van der Waals surface area contributed by atoms with Gasteiger partial charge in [-0.15, -0.1) is 0 Å². The van der Waals surface area contributed by atoms with Crippen LogP contribution in [0.1, 0.15) is 58.9 Å². The van der Waals surface area contributed by atoms with Gasteiger partial charge in [0.1, 0.15) is 6.04 Å². The van der Waals surface area contributed by atoms with Crippen LogP contribution in [0.2, 0.25) is 0 Å². The fraction of sp³-hybridized carbons (Fsp3) is 0.500. The quantitative estimate of drug-likeness (QED) is 0.879. The molecule has 0 spiro atoms. The van der Waals surface area contributed by atoms with Crippen LogP contribution >= 0.6 is 0 Å². The van der Waals surface area contributed by atoms with Crippen molar-refractivity contribution in [1.82, 2.24) is 19.9 Å². The Bertz CT molecular complexity index is 936. The van der Waals surface area contributed by atoms with Crippen LogP contribution in [-0.2, 0) is 6.42 Å². The highest BCUT2D eigenvalue weighted by Gasteiger charge is 2.35. The van der Waals surface area contributed by atoms with Gasteiger partial charge in [-0.05, 0) is 50.1 Å². The van der Waals surface area contributed by atoms with E-state index in [2.05, 4.69) is 20.4 Å². The zero-order chi connectivity index (χ0) is 19.3. The minimum Gasteiger partial charge on any atom is -0.338 e. The number of fused-ring (bicyclic) bond motifs is 1. The summed E-state index contributed by atoms with van der Waals surface area (Å²) in [5.41, 5.74) is 2.51. The van der Waals surface area contributed by atoms with E-state index in [1.165, 1.54) is 0 Å². The normalized spacial score (nSPS) is 22.4. The third-order valence-electron chi connectivity index (χ3n) is 5.90. The second-order valence-corrected chi connectivity index (χ2v) is 7.93. The maximum absolute atomic E-state index is 12.8. The molecule has 5 rings (SSSR count).